The van der Waals surface area contributed by atoms with Gasteiger partial charge in [0.2, 0.25) is 0 Å². The summed E-state index contributed by atoms with van der Waals surface area (Å²) in [6.07, 6.45) is 6.54. The predicted molar refractivity (Wildman–Crippen MR) is 75.5 cm³/mol. The van der Waals surface area contributed by atoms with Gasteiger partial charge in [-0.15, -0.1) is 11.3 Å². The minimum absolute atomic E-state index is 0.714. The Morgan fingerprint density at radius 3 is 3.11 bits per heavy atom. The van der Waals surface area contributed by atoms with Crippen LogP contribution in [0.3, 0.4) is 0 Å². The lowest BCUT2D eigenvalue weighted by molar-refractivity contribution is 0.803. The van der Waals surface area contributed by atoms with Crippen LogP contribution in [-0.4, -0.2) is 19.5 Å². The maximum Gasteiger partial charge on any atom is 0.178 e. The number of H-pyrrole nitrogens is 1. The van der Waals surface area contributed by atoms with Crippen LogP contribution in [-0.2, 0) is 13.0 Å². The molecular formula is C12H12N4S2. The van der Waals surface area contributed by atoms with Crippen molar-refractivity contribution < 1.29 is 0 Å². The number of aryl methyl sites for hydroxylation is 1. The van der Waals surface area contributed by atoms with Crippen molar-refractivity contribution in [1.29, 1.82) is 0 Å². The Hall–Kier alpha value is -1.53. The number of nitrogens with zero attached hydrogens (tertiary/aromatic N) is 3. The van der Waals surface area contributed by atoms with Crippen LogP contribution in [0.4, 0.5) is 0 Å². The highest BCUT2D eigenvalue weighted by Crippen LogP contribution is 2.18. The second-order valence-corrected chi connectivity index (χ2v) is 5.57. The molecule has 0 aromatic carbocycles. The summed E-state index contributed by atoms with van der Waals surface area (Å²) in [4.78, 5) is 13.0. The summed E-state index contributed by atoms with van der Waals surface area (Å²) < 4.78 is 2.77. The first kappa shape index (κ1) is 11.6. The van der Waals surface area contributed by atoms with E-state index in [1.807, 2.05) is 12.3 Å². The van der Waals surface area contributed by atoms with Gasteiger partial charge in [0.15, 0.2) is 4.77 Å². The predicted octanol–water partition coefficient (Wildman–Crippen LogP) is 3.16. The summed E-state index contributed by atoms with van der Waals surface area (Å²) in [5.74, 6) is 0. The summed E-state index contributed by atoms with van der Waals surface area (Å²) in [6.45, 7) is 2.85. The van der Waals surface area contributed by atoms with Gasteiger partial charge in [-0.25, -0.2) is 4.98 Å². The Kier molecular flexibility index (Phi) is 2.97. The molecule has 0 aliphatic heterocycles. The summed E-state index contributed by atoms with van der Waals surface area (Å²) in [5, 5.41) is 1.08. The van der Waals surface area contributed by atoms with E-state index < -0.39 is 0 Å². The van der Waals surface area contributed by atoms with Crippen LogP contribution in [0.15, 0.2) is 24.7 Å². The average Bonchev–Trinajstić information content (AvgIpc) is 2.96. The van der Waals surface area contributed by atoms with Crippen molar-refractivity contribution >= 4 is 34.6 Å². The molecule has 18 heavy (non-hydrogen) atoms. The van der Waals surface area contributed by atoms with Crippen molar-refractivity contribution in [2.45, 2.75) is 19.9 Å². The van der Waals surface area contributed by atoms with Gasteiger partial charge in [-0.2, -0.15) is 0 Å². The summed E-state index contributed by atoms with van der Waals surface area (Å²) >= 11 is 7.08. The van der Waals surface area contributed by atoms with E-state index in [1.165, 1.54) is 4.88 Å². The van der Waals surface area contributed by atoms with E-state index in [2.05, 4.69) is 26.4 Å². The number of hydrogen-bond acceptors (Lipinski definition) is 4. The number of thiazole rings is 1. The van der Waals surface area contributed by atoms with Crippen LogP contribution in [0.5, 0.6) is 0 Å². The monoisotopic (exact) mass is 276 g/mol. The fourth-order valence-electron chi connectivity index (χ4n) is 1.89. The van der Waals surface area contributed by atoms with Gasteiger partial charge in [-0.3, -0.25) is 4.98 Å². The Bertz CT molecular complexity index is 738. The van der Waals surface area contributed by atoms with Crippen LogP contribution >= 0.6 is 23.6 Å². The lowest BCUT2D eigenvalue weighted by Gasteiger charge is -2.00. The van der Waals surface area contributed by atoms with Crippen molar-refractivity contribution in [1.82, 2.24) is 19.5 Å². The molecule has 3 rings (SSSR count). The molecule has 0 bridgehead atoms. The molecule has 0 fully saturated rings. The van der Waals surface area contributed by atoms with Gasteiger partial charge in [-0.05, 0) is 24.7 Å². The highest BCUT2D eigenvalue weighted by Gasteiger charge is 2.07. The number of rotatable bonds is 3. The molecule has 0 radical (unpaired) electrons. The first-order chi connectivity index (χ1) is 8.78. The number of aromatic nitrogens is 4. The minimum atomic E-state index is 0.714. The lowest BCUT2D eigenvalue weighted by atomic mass is 10.4. The Balaban J connectivity index is 2.04. The molecule has 0 spiro atoms. The smallest absolute Gasteiger partial charge is 0.178 e. The van der Waals surface area contributed by atoms with Crippen molar-refractivity contribution in [3.63, 3.8) is 0 Å². The van der Waals surface area contributed by atoms with Gasteiger partial charge in [0, 0.05) is 17.3 Å². The molecule has 0 unspecified atom stereocenters. The maximum absolute atomic E-state index is 5.34. The third-order valence-electron chi connectivity index (χ3n) is 2.82. The lowest BCUT2D eigenvalue weighted by Crippen LogP contribution is -1.98. The van der Waals surface area contributed by atoms with Crippen LogP contribution in [0.1, 0.15) is 16.8 Å². The van der Waals surface area contributed by atoms with Gasteiger partial charge in [-0.1, -0.05) is 6.92 Å². The molecule has 1 N–H and O–H groups in total. The molecule has 4 nitrogen and oxygen atoms in total. The quantitative estimate of drug-likeness (QED) is 0.747. The minimum Gasteiger partial charge on any atom is -0.329 e. The standard InChI is InChI=1S/C12H12N4S2/c1-2-8-5-14-11(18-8)7-16-10-3-4-13-6-9(10)15-12(16)17/h3-6H,2,7H2,1H3,(H,15,17). The largest absolute Gasteiger partial charge is 0.329 e. The van der Waals surface area contributed by atoms with E-state index in [4.69, 9.17) is 12.2 Å². The zero-order valence-corrected chi connectivity index (χ0v) is 11.5. The van der Waals surface area contributed by atoms with Crippen molar-refractivity contribution in [2.75, 3.05) is 0 Å². The molecular weight excluding hydrogens is 264 g/mol. The summed E-state index contributed by atoms with van der Waals surface area (Å²) in [7, 11) is 0. The second-order valence-electron chi connectivity index (χ2n) is 3.98. The molecule has 6 heteroatoms. The number of fused-ring (bicyclic) bond motifs is 1. The van der Waals surface area contributed by atoms with Gasteiger partial charge >= 0.3 is 0 Å². The van der Waals surface area contributed by atoms with Gasteiger partial charge in [0.05, 0.1) is 23.8 Å². The van der Waals surface area contributed by atoms with Crippen LogP contribution in [0, 0.1) is 4.77 Å². The van der Waals surface area contributed by atoms with Crippen LogP contribution < -0.4 is 0 Å². The number of imidazole rings is 1. The molecule has 0 amide bonds. The fourth-order valence-corrected chi connectivity index (χ4v) is 3.01. The van der Waals surface area contributed by atoms with E-state index in [0.29, 0.717) is 11.3 Å². The topological polar surface area (TPSA) is 46.5 Å². The Labute approximate surface area is 113 Å². The summed E-state index contributed by atoms with van der Waals surface area (Å²) in [5.41, 5.74) is 2.04. The number of nitrogens with one attached hydrogen (secondary N) is 1. The average molecular weight is 276 g/mol. The van der Waals surface area contributed by atoms with Crippen LogP contribution in [0.25, 0.3) is 11.0 Å². The van der Waals surface area contributed by atoms with E-state index in [9.17, 15) is 0 Å². The van der Waals surface area contributed by atoms with E-state index in [0.717, 1.165) is 22.5 Å². The fraction of sp³-hybridized carbons (Fsp3) is 0.250. The Morgan fingerprint density at radius 2 is 2.33 bits per heavy atom. The van der Waals surface area contributed by atoms with Crippen molar-refractivity contribution in [3.8, 4) is 0 Å². The highest BCUT2D eigenvalue weighted by molar-refractivity contribution is 7.71. The molecule has 0 aliphatic carbocycles. The number of aromatic amines is 1. The second kappa shape index (κ2) is 4.62. The van der Waals surface area contributed by atoms with Crippen LogP contribution in [0.2, 0.25) is 0 Å². The molecule has 0 aliphatic rings. The molecule has 0 atom stereocenters. The SMILES string of the molecule is CCc1cnc(Cn2c(=S)[nH]c3cnccc32)s1. The highest BCUT2D eigenvalue weighted by atomic mass is 32.1. The Morgan fingerprint density at radius 1 is 1.44 bits per heavy atom. The molecule has 92 valence electrons. The number of hydrogen-bond donors (Lipinski definition) is 1. The van der Waals surface area contributed by atoms with Gasteiger partial charge in [0.25, 0.3) is 0 Å². The molecule has 3 aromatic heterocycles. The first-order valence-corrected chi connectivity index (χ1v) is 6.96. The number of pyridine rings is 1. The maximum atomic E-state index is 5.34. The zero-order chi connectivity index (χ0) is 12.5. The normalized spacial score (nSPS) is 11.2. The van der Waals surface area contributed by atoms with Crippen molar-refractivity contribution in [2.24, 2.45) is 0 Å². The van der Waals surface area contributed by atoms with E-state index in [1.54, 1.807) is 23.7 Å². The summed E-state index contributed by atoms with van der Waals surface area (Å²) in [6, 6.07) is 1.97. The molecule has 0 saturated carbocycles. The third-order valence-corrected chi connectivity index (χ3v) is 4.27. The first-order valence-electron chi connectivity index (χ1n) is 5.74. The van der Waals surface area contributed by atoms with E-state index in [-0.39, 0.29) is 0 Å². The molecule has 3 aromatic rings. The zero-order valence-electron chi connectivity index (χ0n) is 9.88. The van der Waals surface area contributed by atoms with Gasteiger partial charge in [0.1, 0.15) is 5.01 Å². The van der Waals surface area contributed by atoms with Gasteiger partial charge < -0.3 is 9.55 Å². The molecule has 3 heterocycles. The van der Waals surface area contributed by atoms with Crippen molar-refractivity contribution in [3.05, 3.63) is 39.3 Å². The van der Waals surface area contributed by atoms with E-state index >= 15 is 0 Å². The molecule has 0 saturated heterocycles. The third kappa shape index (κ3) is 1.97.